The summed E-state index contributed by atoms with van der Waals surface area (Å²) < 4.78 is 28.4. The van der Waals surface area contributed by atoms with Crippen LogP contribution < -0.4 is 4.72 Å². The molecule has 0 unspecified atom stereocenters. The Morgan fingerprint density at radius 3 is 2.53 bits per heavy atom. The molecule has 0 radical (unpaired) electrons. The van der Waals surface area contributed by atoms with Gasteiger partial charge in [0.05, 0.1) is 14.5 Å². The lowest BCUT2D eigenvalue weighted by molar-refractivity contribution is 0.603. The number of hydrogen-bond acceptors (Lipinski definition) is 3. The van der Waals surface area contributed by atoms with Crippen molar-refractivity contribution in [3.8, 4) is 0 Å². The quantitative estimate of drug-likeness (QED) is 0.720. The highest BCUT2D eigenvalue weighted by Gasteiger charge is 2.20. The molecule has 2 aromatic rings. The highest BCUT2D eigenvalue weighted by Crippen LogP contribution is 2.36. The molecule has 2 rings (SSSR count). The molecule has 0 saturated heterocycles. The summed E-state index contributed by atoms with van der Waals surface area (Å²) >= 11 is 13.4. The number of thiophene rings is 1. The van der Waals surface area contributed by atoms with E-state index in [0.29, 0.717) is 19.0 Å². The minimum absolute atomic E-state index is 0.165. The van der Waals surface area contributed by atoms with Crippen LogP contribution in [0.5, 0.6) is 0 Å². The molecule has 3 nitrogen and oxygen atoms in total. The molecule has 1 aromatic heterocycles. The summed E-state index contributed by atoms with van der Waals surface area (Å²) in [6, 6.07) is 6.86. The van der Waals surface area contributed by atoms with Gasteiger partial charge in [-0.3, -0.25) is 4.72 Å². The van der Waals surface area contributed by atoms with Gasteiger partial charge in [-0.1, -0.05) is 17.7 Å². The van der Waals surface area contributed by atoms with E-state index in [2.05, 4.69) is 36.6 Å². The Hall–Kier alpha value is -0.0800. The number of halogens is 3. The van der Waals surface area contributed by atoms with Crippen molar-refractivity contribution in [2.75, 3.05) is 4.72 Å². The third-order valence-electron chi connectivity index (χ3n) is 2.25. The highest BCUT2D eigenvalue weighted by atomic mass is 79.9. The Bertz CT molecular complexity index is 709. The van der Waals surface area contributed by atoms with Gasteiger partial charge in [-0.05, 0) is 62.5 Å². The first-order valence-electron chi connectivity index (χ1n) is 5.03. The molecule has 0 saturated carbocycles. The minimum atomic E-state index is -3.63. The third-order valence-corrected chi connectivity index (χ3v) is 7.26. The Morgan fingerprint density at radius 2 is 1.95 bits per heavy atom. The SMILES string of the molecule is Cc1ccc(Br)c(NS(=O)(=O)c2cc(Cl)c(Br)s2)c1. The van der Waals surface area contributed by atoms with Crippen LogP contribution in [0.25, 0.3) is 0 Å². The first-order chi connectivity index (χ1) is 8.79. The maximum Gasteiger partial charge on any atom is 0.271 e. The van der Waals surface area contributed by atoms with Crippen molar-refractivity contribution < 1.29 is 8.42 Å². The van der Waals surface area contributed by atoms with E-state index in [4.69, 9.17) is 11.6 Å². The predicted octanol–water partition coefficient (Wildman–Crippen LogP) is 5.04. The molecular formula is C11H8Br2ClNO2S2. The fourth-order valence-electron chi connectivity index (χ4n) is 1.37. The molecule has 0 aliphatic carbocycles. The van der Waals surface area contributed by atoms with E-state index >= 15 is 0 Å². The molecule has 0 atom stereocenters. The van der Waals surface area contributed by atoms with Gasteiger partial charge in [0.15, 0.2) is 0 Å². The summed E-state index contributed by atoms with van der Waals surface area (Å²) in [4.78, 5) is 0. The highest BCUT2D eigenvalue weighted by molar-refractivity contribution is 9.11. The lowest BCUT2D eigenvalue weighted by atomic mass is 10.2. The van der Waals surface area contributed by atoms with E-state index in [0.717, 1.165) is 16.9 Å². The number of hydrogen-bond donors (Lipinski definition) is 1. The molecule has 1 heterocycles. The molecule has 8 heteroatoms. The Balaban J connectivity index is 2.39. The number of nitrogens with one attached hydrogen (secondary N) is 1. The molecule has 0 aliphatic heterocycles. The van der Waals surface area contributed by atoms with Gasteiger partial charge in [0.25, 0.3) is 10.0 Å². The maximum absolute atomic E-state index is 12.2. The molecule has 0 fully saturated rings. The summed E-state index contributed by atoms with van der Waals surface area (Å²) in [5.74, 6) is 0. The second-order valence-electron chi connectivity index (χ2n) is 3.78. The second kappa shape index (κ2) is 5.73. The fraction of sp³-hybridized carbons (Fsp3) is 0.0909. The third kappa shape index (κ3) is 3.52. The van der Waals surface area contributed by atoms with E-state index < -0.39 is 10.0 Å². The average molecular weight is 446 g/mol. The zero-order valence-electron chi connectivity index (χ0n) is 9.58. The Morgan fingerprint density at radius 1 is 1.26 bits per heavy atom. The number of rotatable bonds is 3. The second-order valence-corrected chi connectivity index (χ2v) is 9.32. The Kier molecular flexibility index (Phi) is 4.62. The molecular weight excluding hydrogens is 438 g/mol. The molecule has 19 heavy (non-hydrogen) atoms. The van der Waals surface area contributed by atoms with Crippen LogP contribution in [0.15, 0.2) is 36.7 Å². The lowest BCUT2D eigenvalue weighted by Gasteiger charge is -2.09. The van der Waals surface area contributed by atoms with Gasteiger partial charge in [-0.2, -0.15) is 0 Å². The molecule has 102 valence electrons. The van der Waals surface area contributed by atoms with Gasteiger partial charge in [0.1, 0.15) is 4.21 Å². The van der Waals surface area contributed by atoms with Crippen LogP contribution >= 0.6 is 54.8 Å². The van der Waals surface area contributed by atoms with Gasteiger partial charge < -0.3 is 0 Å². The summed E-state index contributed by atoms with van der Waals surface area (Å²) in [5, 5.41) is 0.383. The van der Waals surface area contributed by atoms with Gasteiger partial charge >= 0.3 is 0 Å². The van der Waals surface area contributed by atoms with Gasteiger partial charge in [0.2, 0.25) is 0 Å². The van der Waals surface area contributed by atoms with Crippen molar-refractivity contribution in [2.45, 2.75) is 11.1 Å². The molecule has 0 aliphatic rings. The molecule has 1 N–H and O–H groups in total. The van der Waals surface area contributed by atoms with Crippen molar-refractivity contribution in [3.63, 3.8) is 0 Å². The minimum Gasteiger partial charge on any atom is -0.278 e. The summed E-state index contributed by atoms with van der Waals surface area (Å²) in [6.07, 6.45) is 0. The monoisotopic (exact) mass is 443 g/mol. The van der Waals surface area contributed by atoms with Gasteiger partial charge in [0, 0.05) is 4.47 Å². The first kappa shape index (κ1) is 15.3. The van der Waals surface area contributed by atoms with Crippen molar-refractivity contribution in [1.82, 2.24) is 0 Å². The normalized spacial score (nSPS) is 11.6. The first-order valence-corrected chi connectivity index (χ1v) is 9.30. The van der Waals surface area contributed by atoms with Crippen molar-refractivity contribution >= 4 is 70.5 Å². The van der Waals surface area contributed by atoms with E-state index in [1.54, 1.807) is 12.1 Å². The summed E-state index contributed by atoms with van der Waals surface area (Å²) in [6.45, 7) is 1.89. The smallest absolute Gasteiger partial charge is 0.271 e. The van der Waals surface area contributed by atoms with Crippen LogP contribution in [0.4, 0.5) is 5.69 Å². The van der Waals surface area contributed by atoms with Gasteiger partial charge in [-0.25, -0.2) is 8.42 Å². The maximum atomic E-state index is 12.2. The standard InChI is InChI=1S/C11H8Br2ClNO2S2/c1-6-2-3-7(12)9(4-6)15-19(16,17)10-5-8(14)11(13)18-10/h2-5,15H,1H3. The average Bonchev–Trinajstić information content (AvgIpc) is 2.65. The number of anilines is 1. The molecule has 1 aromatic carbocycles. The molecule has 0 spiro atoms. The van der Waals surface area contributed by atoms with Crippen LogP contribution in [0, 0.1) is 6.92 Å². The van der Waals surface area contributed by atoms with Gasteiger partial charge in [-0.15, -0.1) is 11.3 Å². The van der Waals surface area contributed by atoms with E-state index in [-0.39, 0.29) is 4.21 Å². The zero-order chi connectivity index (χ0) is 14.2. The number of benzene rings is 1. The largest absolute Gasteiger partial charge is 0.278 e. The number of sulfonamides is 1. The number of aryl methyl sites for hydroxylation is 1. The van der Waals surface area contributed by atoms with Crippen LogP contribution in [0.3, 0.4) is 0 Å². The van der Waals surface area contributed by atoms with Crippen LogP contribution in [-0.4, -0.2) is 8.42 Å². The van der Waals surface area contributed by atoms with Crippen LogP contribution in [0.2, 0.25) is 5.02 Å². The van der Waals surface area contributed by atoms with Crippen molar-refractivity contribution in [2.24, 2.45) is 0 Å². The fourth-order valence-corrected chi connectivity index (χ4v) is 5.32. The summed E-state index contributed by atoms with van der Waals surface area (Å²) in [5.41, 5.74) is 1.46. The Labute approximate surface area is 137 Å². The van der Waals surface area contributed by atoms with Crippen LogP contribution in [0.1, 0.15) is 5.56 Å². The topological polar surface area (TPSA) is 46.2 Å². The van der Waals surface area contributed by atoms with E-state index in [1.165, 1.54) is 6.07 Å². The van der Waals surface area contributed by atoms with Crippen molar-refractivity contribution in [1.29, 1.82) is 0 Å². The zero-order valence-corrected chi connectivity index (χ0v) is 15.1. The van der Waals surface area contributed by atoms with Crippen molar-refractivity contribution in [3.05, 3.63) is 43.1 Å². The molecule has 0 bridgehead atoms. The molecule has 0 amide bonds. The van der Waals surface area contributed by atoms with E-state index in [9.17, 15) is 8.42 Å². The lowest BCUT2D eigenvalue weighted by Crippen LogP contribution is -2.11. The van der Waals surface area contributed by atoms with Crippen LogP contribution in [-0.2, 0) is 10.0 Å². The van der Waals surface area contributed by atoms with E-state index in [1.807, 2.05) is 13.0 Å². The predicted molar refractivity (Wildman–Crippen MR) is 86.7 cm³/mol. The summed E-state index contributed by atoms with van der Waals surface area (Å²) in [7, 11) is -3.63.